The first kappa shape index (κ1) is 12.4. The summed E-state index contributed by atoms with van der Waals surface area (Å²) in [7, 11) is 0. The van der Waals surface area contributed by atoms with E-state index in [1.54, 1.807) is 6.26 Å². The third kappa shape index (κ3) is 2.18. The van der Waals surface area contributed by atoms with Crippen LogP contribution < -0.4 is 21.3 Å². The van der Waals surface area contributed by atoms with Crippen LogP contribution in [0.25, 0.3) is 0 Å². The van der Waals surface area contributed by atoms with Gasteiger partial charge < -0.3 is 25.7 Å². The Labute approximate surface area is 124 Å². The van der Waals surface area contributed by atoms with E-state index in [1.807, 2.05) is 18.2 Å². The zero-order valence-corrected chi connectivity index (χ0v) is 11.9. The second-order valence-electron chi connectivity index (χ2n) is 5.74. The molecule has 21 heavy (non-hydrogen) atoms. The van der Waals surface area contributed by atoms with Gasteiger partial charge in [0.05, 0.1) is 29.0 Å². The Morgan fingerprint density at radius 3 is 2.57 bits per heavy atom. The Hall–Kier alpha value is -2.30. The zero-order chi connectivity index (χ0) is 14.2. The number of nitrogens with two attached hydrogens (primary N) is 1. The molecule has 1 aromatic heterocycles. The van der Waals surface area contributed by atoms with Crippen molar-refractivity contribution in [3.63, 3.8) is 0 Å². The van der Waals surface area contributed by atoms with E-state index in [-0.39, 0.29) is 6.17 Å². The number of nitrogens with one attached hydrogen (secondary N) is 2. The molecule has 1 atom stereocenters. The van der Waals surface area contributed by atoms with Gasteiger partial charge in [-0.05, 0) is 43.5 Å². The predicted octanol–water partition coefficient (Wildman–Crippen LogP) is 3.39. The average Bonchev–Trinajstić information content (AvgIpc) is 3.16. The fourth-order valence-electron chi connectivity index (χ4n) is 3.20. The van der Waals surface area contributed by atoms with Crippen molar-refractivity contribution >= 4 is 22.7 Å². The van der Waals surface area contributed by atoms with E-state index in [0.29, 0.717) is 0 Å². The van der Waals surface area contributed by atoms with Gasteiger partial charge in [0.2, 0.25) is 0 Å². The number of rotatable bonds is 2. The minimum Gasteiger partial charge on any atom is -0.465 e. The number of anilines is 4. The van der Waals surface area contributed by atoms with Crippen molar-refractivity contribution in [3.05, 3.63) is 36.3 Å². The van der Waals surface area contributed by atoms with Gasteiger partial charge in [-0.25, -0.2) is 0 Å². The Balaban J connectivity index is 1.62. The van der Waals surface area contributed by atoms with E-state index in [1.165, 1.54) is 19.3 Å². The zero-order valence-electron chi connectivity index (χ0n) is 11.9. The highest BCUT2D eigenvalue weighted by Crippen LogP contribution is 2.41. The maximum absolute atomic E-state index is 6.26. The largest absolute Gasteiger partial charge is 0.465 e. The van der Waals surface area contributed by atoms with Crippen molar-refractivity contribution < 1.29 is 4.42 Å². The van der Waals surface area contributed by atoms with Crippen molar-refractivity contribution in [1.29, 1.82) is 0 Å². The Bertz CT molecular complexity index is 632. The summed E-state index contributed by atoms with van der Waals surface area (Å²) < 4.78 is 5.46. The topological polar surface area (TPSA) is 66.5 Å². The molecule has 5 heteroatoms. The van der Waals surface area contributed by atoms with Crippen LogP contribution in [-0.2, 0) is 0 Å². The summed E-state index contributed by atoms with van der Waals surface area (Å²) in [6.45, 7) is 2.19. The summed E-state index contributed by atoms with van der Waals surface area (Å²) in [5.74, 6) is 0.879. The van der Waals surface area contributed by atoms with Crippen molar-refractivity contribution in [1.82, 2.24) is 0 Å². The summed E-state index contributed by atoms with van der Waals surface area (Å²) in [5.41, 5.74) is 10.4. The molecule has 0 spiro atoms. The molecule has 2 aliphatic heterocycles. The molecular formula is C16H20N4O. The van der Waals surface area contributed by atoms with Gasteiger partial charge in [-0.3, -0.25) is 0 Å². The molecule has 1 saturated heterocycles. The molecule has 4 N–H and O–H groups in total. The van der Waals surface area contributed by atoms with Crippen LogP contribution in [0.1, 0.15) is 31.2 Å². The predicted molar refractivity (Wildman–Crippen MR) is 85.6 cm³/mol. The summed E-state index contributed by atoms with van der Waals surface area (Å²) in [6.07, 6.45) is 5.48. The van der Waals surface area contributed by atoms with Crippen LogP contribution in [0.4, 0.5) is 22.7 Å². The van der Waals surface area contributed by atoms with Gasteiger partial charge in [0.25, 0.3) is 0 Å². The summed E-state index contributed by atoms with van der Waals surface area (Å²) in [5, 5.41) is 6.86. The van der Waals surface area contributed by atoms with Gasteiger partial charge >= 0.3 is 0 Å². The monoisotopic (exact) mass is 284 g/mol. The molecule has 110 valence electrons. The highest BCUT2D eigenvalue weighted by Gasteiger charge is 2.25. The number of fused-ring (bicyclic) bond motifs is 1. The number of benzene rings is 1. The molecule has 1 fully saturated rings. The quantitative estimate of drug-likeness (QED) is 0.738. The van der Waals surface area contributed by atoms with Gasteiger partial charge in [-0.15, -0.1) is 0 Å². The number of piperidine rings is 1. The molecule has 2 aliphatic rings. The molecule has 3 heterocycles. The van der Waals surface area contributed by atoms with E-state index in [0.717, 1.165) is 41.6 Å². The molecular weight excluding hydrogens is 264 g/mol. The van der Waals surface area contributed by atoms with Gasteiger partial charge in [0.1, 0.15) is 5.76 Å². The maximum atomic E-state index is 6.26. The van der Waals surface area contributed by atoms with E-state index in [2.05, 4.69) is 21.6 Å². The van der Waals surface area contributed by atoms with Crippen molar-refractivity contribution in [2.45, 2.75) is 25.4 Å². The molecule has 0 bridgehead atoms. The molecule has 1 aromatic carbocycles. The van der Waals surface area contributed by atoms with Gasteiger partial charge in [0, 0.05) is 13.1 Å². The minimum atomic E-state index is -0.0222. The van der Waals surface area contributed by atoms with Crippen molar-refractivity contribution in [2.24, 2.45) is 0 Å². The second kappa shape index (κ2) is 4.91. The number of nitrogen functional groups attached to an aromatic ring is 1. The van der Waals surface area contributed by atoms with E-state index in [4.69, 9.17) is 10.2 Å². The van der Waals surface area contributed by atoms with Crippen LogP contribution in [0.5, 0.6) is 0 Å². The minimum absolute atomic E-state index is 0.0222. The standard InChI is InChI=1S/C16H20N4O/c17-11-9-12-13(10-14(11)20-6-2-1-3-7-20)19-16(18-12)15-5-4-8-21-15/h4-5,8-10,16,18-19H,1-3,6-7,17H2. The normalized spacial score (nSPS) is 20.8. The van der Waals surface area contributed by atoms with Crippen LogP contribution >= 0.6 is 0 Å². The molecule has 0 saturated carbocycles. The first-order valence-corrected chi connectivity index (χ1v) is 7.56. The maximum Gasteiger partial charge on any atom is 0.157 e. The molecule has 1 unspecified atom stereocenters. The number of furan rings is 1. The fraction of sp³-hybridized carbons (Fsp3) is 0.375. The smallest absolute Gasteiger partial charge is 0.157 e. The SMILES string of the molecule is Nc1cc2c(cc1N1CCCCC1)NC(c1ccco1)N2. The second-order valence-corrected chi connectivity index (χ2v) is 5.74. The first-order valence-electron chi connectivity index (χ1n) is 7.56. The van der Waals surface area contributed by atoms with Gasteiger partial charge in [-0.1, -0.05) is 0 Å². The Kier molecular flexibility index (Phi) is 2.91. The highest BCUT2D eigenvalue weighted by atomic mass is 16.3. The lowest BCUT2D eigenvalue weighted by molar-refractivity contribution is 0.497. The fourth-order valence-corrected chi connectivity index (χ4v) is 3.20. The van der Waals surface area contributed by atoms with E-state index in [9.17, 15) is 0 Å². The first-order chi connectivity index (χ1) is 10.3. The number of nitrogens with zero attached hydrogens (tertiary/aromatic N) is 1. The lowest BCUT2D eigenvalue weighted by Gasteiger charge is -2.30. The molecule has 5 nitrogen and oxygen atoms in total. The number of hydrogen-bond donors (Lipinski definition) is 3. The molecule has 0 radical (unpaired) electrons. The summed E-state index contributed by atoms with van der Waals surface area (Å²) >= 11 is 0. The van der Waals surface area contributed by atoms with Gasteiger partial charge in [-0.2, -0.15) is 0 Å². The average molecular weight is 284 g/mol. The van der Waals surface area contributed by atoms with E-state index < -0.39 is 0 Å². The highest BCUT2D eigenvalue weighted by molar-refractivity contribution is 5.86. The van der Waals surface area contributed by atoms with Crippen LogP contribution in [-0.4, -0.2) is 13.1 Å². The van der Waals surface area contributed by atoms with Crippen LogP contribution in [0.15, 0.2) is 34.9 Å². The lowest BCUT2D eigenvalue weighted by Crippen LogP contribution is -2.30. The van der Waals surface area contributed by atoms with Crippen molar-refractivity contribution in [3.8, 4) is 0 Å². The third-order valence-corrected chi connectivity index (χ3v) is 4.29. The van der Waals surface area contributed by atoms with Crippen LogP contribution in [0, 0.1) is 0 Å². The Morgan fingerprint density at radius 2 is 1.86 bits per heavy atom. The molecule has 0 aliphatic carbocycles. The molecule has 0 amide bonds. The molecule has 2 aromatic rings. The Morgan fingerprint density at radius 1 is 1.10 bits per heavy atom. The van der Waals surface area contributed by atoms with E-state index >= 15 is 0 Å². The number of hydrogen-bond acceptors (Lipinski definition) is 5. The summed E-state index contributed by atoms with van der Waals surface area (Å²) in [4.78, 5) is 2.39. The van der Waals surface area contributed by atoms with Crippen molar-refractivity contribution in [2.75, 3.05) is 34.4 Å². The summed E-state index contributed by atoms with van der Waals surface area (Å²) in [6, 6.07) is 8.04. The third-order valence-electron chi connectivity index (χ3n) is 4.29. The lowest BCUT2D eigenvalue weighted by atomic mass is 10.1. The van der Waals surface area contributed by atoms with Crippen LogP contribution in [0.2, 0.25) is 0 Å². The van der Waals surface area contributed by atoms with Crippen LogP contribution in [0.3, 0.4) is 0 Å². The molecule has 4 rings (SSSR count). The van der Waals surface area contributed by atoms with Gasteiger partial charge in [0.15, 0.2) is 6.17 Å².